The minimum atomic E-state index is -0.231. The fourth-order valence-electron chi connectivity index (χ4n) is 2.86. The Morgan fingerprint density at radius 2 is 2.05 bits per heavy atom. The number of rotatable bonds is 5. The first kappa shape index (κ1) is 18.0. The van der Waals surface area contributed by atoms with Crippen LogP contribution in [0.1, 0.15) is 18.9 Å². The summed E-state index contributed by atoms with van der Waals surface area (Å²) in [6.45, 7) is 2.34. The molecule has 1 N–H and O–H groups in total. The van der Waals surface area contributed by atoms with Gasteiger partial charge in [0.1, 0.15) is 12.1 Å². The number of hydrogen-bond acceptors (Lipinski definition) is 3. The molecule has 1 heterocycles. The minimum Gasteiger partial charge on any atom is -0.676 e. The molecule has 0 aromatic heterocycles. The first-order valence-corrected chi connectivity index (χ1v) is 6.57. The van der Waals surface area contributed by atoms with Crippen molar-refractivity contribution in [3.8, 4) is 0 Å². The van der Waals surface area contributed by atoms with Crippen LogP contribution in [0.5, 0.6) is 0 Å². The zero-order valence-corrected chi connectivity index (χ0v) is 16.4. The van der Waals surface area contributed by atoms with E-state index in [4.69, 9.17) is 5.73 Å². The van der Waals surface area contributed by atoms with E-state index >= 15 is 0 Å². The van der Waals surface area contributed by atoms with Gasteiger partial charge in [0.05, 0.1) is 6.04 Å². The van der Waals surface area contributed by atoms with Gasteiger partial charge in [0, 0.05) is 62.6 Å². The van der Waals surface area contributed by atoms with Crippen LogP contribution in [0, 0.1) is 50.0 Å². The van der Waals surface area contributed by atoms with E-state index in [1.807, 2.05) is 35.2 Å². The second kappa shape index (κ2) is 8.39. The van der Waals surface area contributed by atoms with Crippen molar-refractivity contribution < 1.29 is 53.7 Å². The van der Waals surface area contributed by atoms with E-state index in [1.54, 1.807) is 6.92 Å². The largest absolute Gasteiger partial charge is 0.676 e. The maximum absolute atomic E-state index is 11.8. The standard InChI is InChI=1S/C15H19N2O2.Ac/c1-11(19)14-7-13(10-18)15(8-16)17(14)9-12-5-3-2-4-6-12;/h2-6,10,13-16H,7-9H2,1H3;/q-1;. The summed E-state index contributed by atoms with van der Waals surface area (Å²) in [4.78, 5) is 24.9. The van der Waals surface area contributed by atoms with E-state index in [0.29, 0.717) is 13.0 Å². The molecule has 3 atom stereocenters. The third-order valence-corrected chi connectivity index (χ3v) is 3.88. The summed E-state index contributed by atoms with van der Waals surface area (Å²) in [6, 6.07) is 9.50. The molecule has 1 aromatic carbocycles. The van der Waals surface area contributed by atoms with Crippen LogP contribution in [-0.2, 0) is 16.1 Å². The van der Waals surface area contributed by atoms with Gasteiger partial charge in [-0.2, -0.15) is 0 Å². The molecule has 105 valence electrons. The summed E-state index contributed by atoms with van der Waals surface area (Å²) < 4.78 is 0. The number of ketones is 1. The summed E-state index contributed by atoms with van der Waals surface area (Å²) in [7, 11) is 0. The molecule has 1 saturated heterocycles. The number of carbonyl (C=O) groups is 2. The summed E-state index contributed by atoms with van der Waals surface area (Å²) in [6.07, 6.45) is 1.45. The molecule has 0 bridgehead atoms. The molecule has 3 unspecified atom stereocenters. The molecule has 1 fully saturated rings. The molecular formula is C15H19AcN2O2-. The molecule has 1 radical (unpaired) electrons. The van der Waals surface area contributed by atoms with E-state index in [9.17, 15) is 9.59 Å². The van der Waals surface area contributed by atoms with Gasteiger partial charge in [-0.3, -0.25) is 9.69 Å². The molecule has 0 aliphatic carbocycles. The zero-order valence-electron chi connectivity index (χ0n) is 11.7. The van der Waals surface area contributed by atoms with E-state index in [1.165, 1.54) is 0 Å². The van der Waals surface area contributed by atoms with Crippen LogP contribution in [-0.4, -0.2) is 35.6 Å². The Labute approximate surface area is 155 Å². The van der Waals surface area contributed by atoms with Crippen LogP contribution >= 0.6 is 0 Å². The normalized spacial score (nSPS) is 26.0. The maximum atomic E-state index is 11.8. The molecule has 0 amide bonds. The van der Waals surface area contributed by atoms with Gasteiger partial charge >= 0.3 is 0 Å². The third-order valence-electron chi connectivity index (χ3n) is 3.88. The molecule has 0 saturated carbocycles. The predicted molar refractivity (Wildman–Crippen MR) is 73.6 cm³/mol. The van der Waals surface area contributed by atoms with Crippen molar-refractivity contribution in [3.05, 3.63) is 41.6 Å². The first-order valence-electron chi connectivity index (χ1n) is 6.57. The monoisotopic (exact) mass is 486 g/mol. The fraction of sp³-hybridized carbons (Fsp3) is 0.467. The molecular weight excluding hydrogens is 467 g/mol. The number of aldehydes is 1. The summed E-state index contributed by atoms with van der Waals surface area (Å²) in [5.41, 5.74) is 8.76. The third kappa shape index (κ3) is 3.98. The molecule has 5 heteroatoms. The minimum absolute atomic E-state index is 0. The van der Waals surface area contributed by atoms with Crippen LogP contribution in [0.2, 0.25) is 0 Å². The number of hydrogen-bond donors (Lipinski definition) is 0. The van der Waals surface area contributed by atoms with Gasteiger partial charge in [0.25, 0.3) is 0 Å². The van der Waals surface area contributed by atoms with Crippen LogP contribution in [0.4, 0.5) is 0 Å². The molecule has 1 aliphatic heterocycles. The van der Waals surface area contributed by atoms with Crippen molar-refractivity contribution in [1.82, 2.24) is 4.90 Å². The van der Waals surface area contributed by atoms with E-state index < -0.39 is 0 Å². The smallest absolute Gasteiger partial charge is 0.146 e. The van der Waals surface area contributed by atoms with Crippen molar-refractivity contribution in [2.24, 2.45) is 5.92 Å². The Morgan fingerprint density at radius 1 is 1.40 bits per heavy atom. The Balaban J connectivity index is 0.00000200. The average Bonchev–Trinajstić information content (AvgIpc) is 2.77. The van der Waals surface area contributed by atoms with Gasteiger partial charge < -0.3 is 10.5 Å². The van der Waals surface area contributed by atoms with E-state index in [-0.39, 0.29) is 74.4 Å². The quantitative estimate of drug-likeness (QED) is 0.600. The first-order chi connectivity index (χ1) is 9.17. The Morgan fingerprint density at radius 3 is 2.55 bits per heavy atom. The Bertz CT molecular complexity index is 452. The zero-order chi connectivity index (χ0) is 13.8. The van der Waals surface area contributed by atoms with Crippen molar-refractivity contribution in [3.63, 3.8) is 0 Å². The summed E-state index contributed by atoms with van der Waals surface area (Å²) in [5, 5.41) is 0. The molecule has 20 heavy (non-hydrogen) atoms. The number of benzene rings is 1. The second-order valence-electron chi connectivity index (χ2n) is 5.09. The summed E-state index contributed by atoms with van der Waals surface area (Å²) >= 11 is 0. The van der Waals surface area contributed by atoms with Crippen molar-refractivity contribution in [2.75, 3.05) is 6.54 Å². The van der Waals surface area contributed by atoms with Crippen molar-refractivity contribution >= 4 is 12.1 Å². The van der Waals surface area contributed by atoms with Crippen LogP contribution in [0.3, 0.4) is 0 Å². The van der Waals surface area contributed by atoms with Gasteiger partial charge in [0.2, 0.25) is 0 Å². The average molecular weight is 486 g/mol. The molecule has 1 aliphatic rings. The SMILES string of the molecule is CC(=O)C1CC(C=O)C(C[NH-])N1Cc1ccccc1.[Ac]. The Kier molecular flexibility index (Phi) is 7.53. The van der Waals surface area contributed by atoms with Gasteiger partial charge in [-0.25, -0.2) is 0 Å². The van der Waals surface area contributed by atoms with Crippen LogP contribution in [0.15, 0.2) is 30.3 Å². The van der Waals surface area contributed by atoms with Crippen molar-refractivity contribution in [1.29, 1.82) is 0 Å². The number of nitrogens with zero attached hydrogens (tertiary/aromatic N) is 1. The van der Waals surface area contributed by atoms with Gasteiger partial charge in [0.15, 0.2) is 0 Å². The number of Topliss-reactive ketones (excluding diaryl/α,β-unsaturated/α-hetero) is 1. The van der Waals surface area contributed by atoms with Crippen molar-refractivity contribution in [2.45, 2.75) is 32.0 Å². The summed E-state index contributed by atoms with van der Waals surface area (Å²) in [5.74, 6) is -0.117. The number of carbonyl (C=O) groups excluding carboxylic acids is 2. The second-order valence-corrected chi connectivity index (χ2v) is 5.09. The molecule has 1 aromatic rings. The number of nitrogens with one attached hydrogen (secondary N) is 1. The topological polar surface area (TPSA) is 61.2 Å². The molecule has 0 spiro atoms. The van der Waals surface area contributed by atoms with E-state index in [2.05, 4.69) is 0 Å². The predicted octanol–water partition coefficient (Wildman–Crippen LogP) is 2.09. The van der Waals surface area contributed by atoms with Crippen LogP contribution < -0.4 is 0 Å². The molecule has 2 rings (SSSR count). The number of likely N-dealkylation sites (tertiary alicyclic amines) is 1. The maximum Gasteiger partial charge on any atom is 0.146 e. The van der Waals surface area contributed by atoms with Gasteiger partial charge in [-0.1, -0.05) is 30.3 Å². The Hall–Kier alpha value is -0.0784. The van der Waals surface area contributed by atoms with Gasteiger partial charge in [-0.05, 0) is 18.9 Å². The molecule has 4 nitrogen and oxygen atoms in total. The van der Waals surface area contributed by atoms with Crippen LogP contribution in [0.25, 0.3) is 5.73 Å². The van der Waals surface area contributed by atoms with Gasteiger partial charge in [-0.15, -0.1) is 6.54 Å². The van der Waals surface area contributed by atoms with E-state index in [0.717, 1.165) is 11.8 Å². The fourth-order valence-corrected chi connectivity index (χ4v) is 2.86.